The average Bonchev–Trinajstić information content (AvgIpc) is 2.96. The van der Waals surface area contributed by atoms with Gasteiger partial charge in [0.1, 0.15) is 4.90 Å². The predicted molar refractivity (Wildman–Crippen MR) is 68.3 cm³/mol. The fourth-order valence-electron chi connectivity index (χ4n) is 1.72. The van der Waals surface area contributed by atoms with Gasteiger partial charge in [-0.15, -0.1) is 0 Å². The Bertz CT molecular complexity index is 530. The molecule has 0 amide bonds. The van der Waals surface area contributed by atoms with Crippen LogP contribution in [-0.2, 0) is 10.0 Å². The molecule has 3 N–H and O–H groups in total. The van der Waals surface area contributed by atoms with Crippen molar-refractivity contribution in [1.29, 1.82) is 0 Å². The predicted octanol–water partition coefficient (Wildman–Crippen LogP) is 1.86. The first kappa shape index (κ1) is 12.7. The third kappa shape index (κ3) is 2.91. The molecule has 1 aromatic carbocycles. The zero-order valence-electron chi connectivity index (χ0n) is 9.48. The van der Waals surface area contributed by atoms with Crippen molar-refractivity contribution in [3.63, 3.8) is 0 Å². The number of benzene rings is 1. The lowest BCUT2D eigenvalue weighted by Crippen LogP contribution is -2.27. The van der Waals surface area contributed by atoms with Gasteiger partial charge in [0.2, 0.25) is 10.0 Å². The molecule has 1 aliphatic rings. The Balaban J connectivity index is 2.16. The van der Waals surface area contributed by atoms with Gasteiger partial charge in [-0.3, -0.25) is 0 Å². The number of anilines is 1. The van der Waals surface area contributed by atoms with Crippen LogP contribution >= 0.6 is 11.6 Å². The van der Waals surface area contributed by atoms with Crippen molar-refractivity contribution in [3.05, 3.63) is 23.2 Å². The summed E-state index contributed by atoms with van der Waals surface area (Å²) in [6, 6.07) is 4.44. The molecule has 1 aromatic rings. The third-order valence-electron chi connectivity index (χ3n) is 3.08. The molecule has 0 bridgehead atoms. The smallest absolute Gasteiger partial charge is 0.242 e. The van der Waals surface area contributed by atoms with E-state index in [1.807, 2.05) is 0 Å². The zero-order valence-corrected chi connectivity index (χ0v) is 11.1. The van der Waals surface area contributed by atoms with E-state index >= 15 is 0 Å². The zero-order chi connectivity index (χ0) is 12.6. The quantitative estimate of drug-likeness (QED) is 0.823. The molecule has 0 radical (unpaired) electrons. The lowest BCUT2D eigenvalue weighted by molar-refractivity contribution is 0.575. The van der Waals surface area contributed by atoms with Crippen LogP contribution in [0.3, 0.4) is 0 Å². The molecule has 2 rings (SSSR count). The summed E-state index contributed by atoms with van der Waals surface area (Å²) in [5, 5.41) is 0.361. The third-order valence-corrected chi connectivity index (χ3v) is 4.79. The topological polar surface area (TPSA) is 72.2 Å². The van der Waals surface area contributed by atoms with Crippen molar-refractivity contribution in [2.75, 3.05) is 12.3 Å². The molecule has 94 valence electrons. The van der Waals surface area contributed by atoms with E-state index in [9.17, 15) is 8.42 Å². The molecule has 17 heavy (non-hydrogen) atoms. The van der Waals surface area contributed by atoms with Gasteiger partial charge in [-0.05, 0) is 36.5 Å². The molecule has 2 atom stereocenters. The van der Waals surface area contributed by atoms with E-state index in [1.54, 1.807) is 6.07 Å². The van der Waals surface area contributed by atoms with Crippen molar-refractivity contribution < 1.29 is 8.42 Å². The number of hydrogen-bond acceptors (Lipinski definition) is 3. The Morgan fingerprint density at radius 1 is 1.53 bits per heavy atom. The van der Waals surface area contributed by atoms with Crippen molar-refractivity contribution in [1.82, 2.24) is 4.72 Å². The van der Waals surface area contributed by atoms with Gasteiger partial charge in [-0.25, -0.2) is 13.1 Å². The number of nitrogens with two attached hydrogens (primary N) is 1. The van der Waals surface area contributed by atoms with Gasteiger partial charge in [0.05, 0.1) is 5.69 Å². The highest BCUT2D eigenvalue weighted by Crippen LogP contribution is 2.37. The van der Waals surface area contributed by atoms with Crippen LogP contribution in [0.1, 0.15) is 13.3 Å². The number of sulfonamides is 1. The Morgan fingerprint density at radius 3 is 2.76 bits per heavy atom. The van der Waals surface area contributed by atoms with Crippen LogP contribution in [0.5, 0.6) is 0 Å². The van der Waals surface area contributed by atoms with Gasteiger partial charge in [0.15, 0.2) is 0 Å². The minimum atomic E-state index is -3.55. The lowest BCUT2D eigenvalue weighted by atomic mass is 10.3. The van der Waals surface area contributed by atoms with Crippen LogP contribution in [0.25, 0.3) is 0 Å². The fraction of sp³-hybridized carbons (Fsp3) is 0.455. The Morgan fingerprint density at radius 2 is 2.18 bits per heavy atom. The second-order valence-electron chi connectivity index (χ2n) is 4.51. The molecule has 4 nitrogen and oxygen atoms in total. The van der Waals surface area contributed by atoms with Crippen LogP contribution in [0.2, 0.25) is 5.02 Å². The van der Waals surface area contributed by atoms with Gasteiger partial charge < -0.3 is 5.73 Å². The SMILES string of the molecule is CC1CC1CNS(=O)(=O)c1cc(Cl)ccc1N. The number of halogens is 1. The Labute approximate surface area is 106 Å². The first-order valence-corrected chi connectivity index (χ1v) is 7.31. The highest BCUT2D eigenvalue weighted by Gasteiger charge is 2.33. The van der Waals surface area contributed by atoms with E-state index < -0.39 is 10.0 Å². The number of nitrogen functional groups attached to an aromatic ring is 1. The summed E-state index contributed by atoms with van der Waals surface area (Å²) >= 11 is 5.77. The minimum absolute atomic E-state index is 0.0540. The highest BCUT2D eigenvalue weighted by molar-refractivity contribution is 7.89. The molecule has 0 spiro atoms. The first-order valence-electron chi connectivity index (χ1n) is 5.45. The van der Waals surface area contributed by atoms with E-state index in [4.69, 9.17) is 17.3 Å². The molecule has 1 fully saturated rings. The number of rotatable bonds is 4. The lowest BCUT2D eigenvalue weighted by Gasteiger charge is -2.09. The second-order valence-corrected chi connectivity index (χ2v) is 6.68. The normalized spacial score (nSPS) is 23.6. The van der Waals surface area contributed by atoms with Crippen molar-refractivity contribution >= 4 is 27.3 Å². The summed E-state index contributed by atoms with van der Waals surface area (Å²) in [5.41, 5.74) is 5.86. The van der Waals surface area contributed by atoms with E-state index in [1.165, 1.54) is 12.1 Å². The summed E-state index contributed by atoms with van der Waals surface area (Å²) in [6.07, 6.45) is 1.08. The van der Waals surface area contributed by atoms with Crippen LogP contribution < -0.4 is 10.5 Å². The number of hydrogen-bond donors (Lipinski definition) is 2. The van der Waals surface area contributed by atoms with E-state index in [0.717, 1.165) is 6.42 Å². The molecule has 0 saturated heterocycles. The van der Waals surface area contributed by atoms with Crippen molar-refractivity contribution in [2.24, 2.45) is 11.8 Å². The molecule has 2 unspecified atom stereocenters. The molecule has 1 aliphatic carbocycles. The highest BCUT2D eigenvalue weighted by atomic mass is 35.5. The second kappa shape index (κ2) is 4.48. The van der Waals surface area contributed by atoms with Gasteiger partial charge in [0.25, 0.3) is 0 Å². The fourth-order valence-corrected chi connectivity index (χ4v) is 3.21. The Hall–Kier alpha value is -0.780. The Kier molecular flexibility index (Phi) is 3.34. The van der Waals surface area contributed by atoms with Crippen LogP contribution in [-0.4, -0.2) is 15.0 Å². The van der Waals surface area contributed by atoms with Gasteiger partial charge in [-0.1, -0.05) is 18.5 Å². The van der Waals surface area contributed by atoms with Crippen LogP contribution in [0, 0.1) is 11.8 Å². The monoisotopic (exact) mass is 274 g/mol. The van der Waals surface area contributed by atoms with Gasteiger partial charge in [0, 0.05) is 11.6 Å². The van der Waals surface area contributed by atoms with Crippen LogP contribution in [0.15, 0.2) is 23.1 Å². The largest absolute Gasteiger partial charge is 0.398 e. The first-order chi connectivity index (χ1) is 7.90. The molecule has 1 saturated carbocycles. The summed E-state index contributed by atoms with van der Waals surface area (Å²) < 4.78 is 26.6. The number of nitrogens with one attached hydrogen (secondary N) is 1. The minimum Gasteiger partial charge on any atom is -0.398 e. The van der Waals surface area contributed by atoms with Crippen LogP contribution in [0.4, 0.5) is 5.69 Å². The van der Waals surface area contributed by atoms with E-state index in [-0.39, 0.29) is 10.6 Å². The molecular formula is C11H15ClN2O2S. The molecule has 0 aromatic heterocycles. The molecule has 6 heteroatoms. The molecule has 0 aliphatic heterocycles. The summed E-state index contributed by atoms with van der Waals surface area (Å²) in [5.74, 6) is 1.06. The summed E-state index contributed by atoms with van der Waals surface area (Å²) in [4.78, 5) is 0.0540. The van der Waals surface area contributed by atoms with Crippen molar-refractivity contribution in [3.8, 4) is 0 Å². The van der Waals surface area contributed by atoms with E-state index in [2.05, 4.69) is 11.6 Å². The standard InChI is InChI=1S/C11H15ClN2O2S/c1-7-4-8(7)6-14-17(15,16)11-5-9(12)2-3-10(11)13/h2-3,5,7-8,14H,4,6,13H2,1H3. The maximum absolute atomic E-state index is 12.0. The summed E-state index contributed by atoms with van der Waals surface area (Å²) in [6.45, 7) is 2.57. The van der Waals surface area contributed by atoms with Crippen molar-refractivity contribution in [2.45, 2.75) is 18.2 Å². The molecular weight excluding hydrogens is 260 g/mol. The maximum atomic E-state index is 12.0. The average molecular weight is 275 g/mol. The van der Waals surface area contributed by atoms with Gasteiger partial charge in [-0.2, -0.15) is 0 Å². The van der Waals surface area contributed by atoms with Gasteiger partial charge >= 0.3 is 0 Å². The summed E-state index contributed by atoms with van der Waals surface area (Å²) in [7, 11) is -3.55. The molecule has 0 heterocycles. The maximum Gasteiger partial charge on any atom is 0.242 e. The van der Waals surface area contributed by atoms with E-state index in [0.29, 0.717) is 23.4 Å².